The molecule has 19 heavy (non-hydrogen) atoms. The lowest BCUT2D eigenvalue weighted by Crippen LogP contribution is -2.30. The molecule has 1 aromatic carbocycles. The molecule has 6 heteroatoms. The molecule has 0 bridgehead atoms. The van der Waals surface area contributed by atoms with Crippen molar-refractivity contribution in [2.75, 3.05) is 19.0 Å². The SMILES string of the molecule is COc1cccc(CCNC(=O)Nc2ccno2)c1. The Labute approximate surface area is 110 Å². The summed E-state index contributed by atoms with van der Waals surface area (Å²) in [5.74, 6) is 1.13. The number of carbonyl (C=O) groups is 1. The molecule has 2 amide bonds. The normalized spacial score (nSPS) is 9.95. The van der Waals surface area contributed by atoms with Gasteiger partial charge in [-0.1, -0.05) is 17.3 Å². The van der Waals surface area contributed by atoms with Crippen molar-refractivity contribution in [2.24, 2.45) is 0 Å². The molecule has 0 unspecified atom stereocenters. The minimum atomic E-state index is -0.320. The molecule has 1 heterocycles. The molecule has 0 aliphatic heterocycles. The molecule has 1 aromatic heterocycles. The van der Waals surface area contributed by atoms with Crippen molar-refractivity contribution in [3.05, 3.63) is 42.1 Å². The molecule has 0 atom stereocenters. The molecule has 100 valence electrons. The summed E-state index contributed by atoms with van der Waals surface area (Å²) in [4.78, 5) is 11.5. The Morgan fingerprint density at radius 2 is 2.32 bits per heavy atom. The van der Waals surface area contributed by atoms with Gasteiger partial charge in [0.2, 0.25) is 5.88 Å². The van der Waals surface area contributed by atoms with E-state index in [0.29, 0.717) is 12.4 Å². The summed E-state index contributed by atoms with van der Waals surface area (Å²) in [5, 5.41) is 8.75. The molecule has 2 rings (SSSR count). The van der Waals surface area contributed by atoms with Gasteiger partial charge in [-0.3, -0.25) is 5.32 Å². The van der Waals surface area contributed by atoms with E-state index < -0.39 is 0 Å². The highest BCUT2D eigenvalue weighted by Crippen LogP contribution is 2.12. The highest BCUT2D eigenvalue weighted by Gasteiger charge is 2.03. The van der Waals surface area contributed by atoms with E-state index in [-0.39, 0.29) is 6.03 Å². The molecule has 0 aliphatic carbocycles. The zero-order chi connectivity index (χ0) is 13.5. The fraction of sp³-hybridized carbons (Fsp3) is 0.231. The number of hydrogen-bond donors (Lipinski definition) is 2. The highest BCUT2D eigenvalue weighted by molar-refractivity contribution is 5.87. The lowest BCUT2D eigenvalue weighted by atomic mass is 10.1. The van der Waals surface area contributed by atoms with Gasteiger partial charge in [0.05, 0.1) is 13.3 Å². The molecule has 2 N–H and O–H groups in total. The van der Waals surface area contributed by atoms with E-state index in [2.05, 4.69) is 15.8 Å². The molecular weight excluding hydrogens is 246 g/mol. The number of ether oxygens (including phenoxy) is 1. The van der Waals surface area contributed by atoms with Gasteiger partial charge >= 0.3 is 6.03 Å². The number of anilines is 1. The minimum absolute atomic E-state index is 0.318. The second-order valence-electron chi connectivity index (χ2n) is 3.86. The maximum atomic E-state index is 11.5. The molecule has 0 spiro atoms. The summed E-state index contributed by atoms with van der Waals surface area (Å²) in [6.45, 7) is 0.521. The van der Waals surface area contributed by atoms with Crippen LogP contribution in [0, 0.1) is 0 Å². The van der Waals surface area contributed by atoms with E-state index in [1.54, 1.807) is 13.2 Å². The summed E-state index contributed by atoms with van der Waals surface area (Å²) in [6, 6.07) is 8.98. The van der Waals surface area contributed by atoms with Crippen molar-refractivity contribution in [2.45, 2.75) is 6.42 Å². The largest absolute Gasteiger partial charge is 0.497 e. The van der Waals surface area contributed by atoms with Crippen LogP contribution in [0.3, 0.4) is 0 Å². The van der Waals surface area contributed by atoms with Crippen molar-refractivity contribution < 1.29 is 14.1 Å². The van der Waals surface area contributed by atoms with Crippen LogP contribution >= 0.6 is 0 Å². The van der Waals surface area contributed by atoms with Gasteiger partial charge in [-0.05, 0) is 24.1 Å². The standard InChI is InChI=1S/C13H15N3O3/c1-18-11-4-2-3-10(9-11)5-7-14-13(17)16-12-6-8-15-19-12/h2-4,6,8-9H,5,7H2,1H3,(H2,14,16,17). The van der Waals surface area contributed by atoms with Crippen molar-refractivity contribution >= 4 is 11.9 Å². The second-order valence-corrected chi connectivity index (χ2v) is 3.86. The van der Waals surface area contributed by atoms with E-state index in [9.17, 15) is 4.79 Å². The maximum absolute atomic E-state index is 11.5. The van der Waals surface area contributed by atoms with Crippen LogP contribution in [0.2, 0.25) is 0 Å². The third-order valence-corrected chi connectivity index (χ3v) is 2.51. The van der Waals surface area contributed by atoms with E-state index in [4.69, 9.17) is 9.26 Å². The molecule has 0 saturated heterocycles. The number of aromatic nitrogens is 1. The van der Waals surface area contributed by atoms with Gasteiger partial charge in [-0.25, -0.2) is 4.79 Å². The summed E-state index contributed by atoms with van der Waals surface area (Å²) in [7, 11) is 1.63. The van der Waals surface area contributed by atoms with Crippen LogP contribution in [-0.4, -0.2) is 24.8 Å². The van der Waals surface area contributed by atoms with Crippen molar-refractivity contribution in [1.82, 2.24) is 10.5 Å². The Morgan fingerprint density at radius 1 is 1.42 bits per heavy atom. The summed E-state index contributed by atoms with van der Waals surface area (Å²) < 4.78 is 9.89. The van der Waals surface area contributed by atoms with Crippen molar-refractivity contribution in [1.29, 1.82) is 0 Å². The molecular formula is C13H15N3O3. The molecule has 0 radical (unpaired) electrons. The van der Waals surface area contributed by atoms with Crippen LogP contribution in [0.5, 0.6) is 5.75 Å². The van der Waals surface area contributed by atoms with E-state index in [1.807, 2.05) is 24.3 Å². The van der Waals surface area contributed by atoms with Gasteiger partial charge < -0.3 is 14.6 Å². The summed E-state index contributed by atoms with van der Waals surface area (Å²) >= 11 is 0. The number of rotatable bonds is 5. The maximum Gasteiger partial charge on any atom is 0.321 e. The Hall–Kier alpha value is -2.50. The topological polar surface area (TPSA) is 76.4 Å². The van der Waals surface area contributed by atoms with Crippen LogP contribution < -0.4 is 15.4 Å². The molecule has 0 saturated carbocycles. The fourth-order valence-electron chi connectivity index (χ4n) is 1.58. The van der Waals surface area contributed by atoms with Gasteiger partial charge in [-0.2, -0.15) is 0 Å². The Bertz CT molecular complexity index is 526. The smallest absolute Gasteiger partial charge is 0.321 e. The third-order valence-electron chi connectivity index (χ3n) is 2.51. The van der Waals surface area contributed by atoms with Crippen molar-refractivity contribution in [3.63, 3.8) is 0 Å². The first-order valence-corrected chi connectivity index (χ1v) is 5.86. The molecule has 0 aliphatic rings. The number of nitrogens with one attached hydrogen (secondary N) is 2. The number of carbonyl (C=O) groups excluding carboxylic acids is 1. The van der Waals surface area contributed by atoms with Gasteiger partial charge in [0.25, 0.3) is 0 Å². The summed E-state index contributed by atoms with van der Waals surface area (Å²) in [6.07, 6.45) is 2.19. The van der Waals surface area contributed by atoms with Crippen molar-refractivity contribution in [3.8, 4) is 5.75 Å². The van der Waals surface area contributed by atoms with Crippen LogP contribution in [0.4, 0.5) is 10.7 Å². The van der Waals surface area contributed by atoms with Gasteiger partial charge in [0, 0.05) is 12.6 Å². The molecule has 6 nitrogen and oxygen atoms in total. The van der Waals surface area contributed by atoms with Crippen LogP contribution in [0.15, 0.2) is 41.1 Å². The van der Waals surface area contributed by atoms with Crippen LogP contribution in [0.1, 0.15) is 5.56 Å². The predicted molar refractivity (Wildman–Crippen MR) is 70.2 cm³/mol. The van der Waals surface area contributed by atoms with E-state index >= 15 is 0 Å². The zero-order valence-corrected chi connectivity index (χ0v) is 10.6. The Morgan fingerprint density at radius 3 is 3.05 bits per heavy atom. The van der Waals surface area contributed by atoms with Gasteiger partial charge in [-0.15, -0.1) is 0 Å². The Kier molecular flexibility index (Phi) is 4.39. The lowest BCUT2D eigenvalue weighted by molar-refractivity contribution is 0.251. The lowest BCUT2D eigenvalue weighted by Gasteiger charge is -2.06. The first-order valence-electron chi connectivity index (χ1n) is 5.86. The zero-order valence-electron chi connectivity index (χ0n) is 10.6. The first kappa shape index (κ1) is 12.9. The first-order chi connectivity index (χ1) is 9.28. The molecule has 0 fully saturated rings. The average molecular weight is 261 g/mol. The molecule has 2 aromatic rings. The van der Waals surface area contributed by atoms with Gasteiger partial charge in [0.15, 0.2) is 0 Å². The monoisotopic (exact) mass is 261 g/mol. The summed E-state index contributed by atoms with van der Waals surface area (Å²) in [5.41, 5.74) is 1.10. The van der Waals surface area contributed by atoms with E-state index in [1.165, 1.54) is 6.20 Å². The minimum Gasteiger partial charge on any atom is -0.497 e. The predicted octanol–water partition coefficient (Wildman–Crippen LogP) is 2.05. The van der Waals surface area contributed by atoms with Crippen LogP contribution in [-0.2, 0) is 6.42 Å². The van der Waals surface area contributed by atoms with Crippen LogP contribution in [0.25, 0.3) is 0 Å². The quantitative estimate of drug-likeness (QED) is 0.863. The number of urea groups is 1. The number of hydrogen-bond acceptors (Lipinski definition) is 4. The van der Waals surface area contributed by atoms with E-state index in [0.717, 1.165) is 17.7 Å². The Balaban J connectivity index is 1.75. The number of amides is 2. The fourth-order valence-corrected chi connectivity index (χ4v) is 1.58. The number of methoxy groups -OCH3 is 1. The highest BCUT2D eigenvalue weighted by atomic mass is 16.5. The second kappa shape index (κ2) is 6.44. The number of benzene rings is 1. The average Bonchev–Trinajstić information content (AvgIpc) is 2.92. The number of nitrogens with zero attached hydrogens (tertiary/aromatic N) is 1. The third kappa shape index (κ3) is 4.02. The van der Waals surface area contributed by atoms with Gasteiger partial charge in [0.1, 0.15) is 5.75 Å².